The molecule has 1 aliphatic rings. The maximum Gasteiger partial charge on any atom is 0.0951 e. The second kappa shape index (κ2) is 6.20. The summed E-state index contributed by atoms with van der Waals surface area (Å²) in [5.74, 6) is 0.979. The highest BCUT2D eigenvalue weighted by Crippen LogP contribution is 2.34. The quantitative estimate of drug-likeness (QED) is 0.849. The van der Waals surface area contributed by atoms with Crippen LogP contribution < -0.4 is 5.32 Å². The summed E-state index contributed by atoms with van der Waals surface area (Å²) in [5, 5.41) is 3.22. The Bertz CT molecular complexity index is 324. The third kappa shape index (κ3) is 3.09. The molecule has 0 spiro atoms. The summed E-state index contributed by atoms with van der Waals surface area (Å²) in [4.78, 5) is 4.29. The molecule has 0 radical (unpaired) electrons. The van der Waals surface area contributed by atoms with Gasteiger partial charge in [-0.1, -0.05) is 19.8 Å². The molecular weight excluding hydrogens is 210 g/mol. The summed E-state index contributed by atoms with van der Waals surface area (Å²) in [6.45, 7) is 3.22. The lowest BCUT2D eigenvalue weighted by Crippen LogP contribution is -2.20. The van der Waals surface area contributed by atoms with E-state index in [1.165, 1.54) is 44.2 Å². The first-order valence-electron chi connectivity index (χ1n) is 7.00. The van der Waals surface area contributed by atoms with Crippen molar-refractivity contribution in [3.8, 4) is 0 Å². The molecule has 1 aliphatic carbocycles. The second-order valence-electron chi connectivity index (χ2n) is 5.29. The first-order valence-corrected chi connectivity index (χ1v) is 7.00. The number of hydrogen-bond donors (Lipinski definition) is 1. The molecular formula is C14H25N3. The summed E-state index contributed by atoms with van der Waals surface area (Å²) >= 11 is 0. The van der Waals surface area contributed by atoms with Gasteiger partial charge in [0.1, 0.15) is 0 Å². The summed E-state index contributed by atoms with van der Waals surface area (Å²) in [6.07, 6.45) is 12.2. The van der Waals surface area contributed by atoms with E-state index in [0.717, 1.165) is 12.5 Å². The van der Waals surface area contributed by atoms with Gasteiger partial charge < -0.3 is 9.88 Å². The van der Waals surface area contributed by atoms with Crippen molar-refractivity contribution in [2.75, 3.05) is 7.05 Å². The number of imidazole rings is 1. The smallest absolute Gasteiger partial charge is 0.0951 e. The van der Waals surface area contributed by atoms with Crippen molar-refractivity contribution in [2.45, 2.75) is 58.0 Å². The molecule has 0 bridgehead atoms. The van der Waals surface area contributed by atoms with Crippen LogP contribution in [0.4, 0.5) is 0 Å². The van der Waals surface area contributed by atoms with Crippen LogP contribution in [0.25, 0.3) is 0 Å². The molecule has 96 valence electrons. The lowest BCUT2D eigenvalue weighted by atomic mass is 9.83. The minimum absolute atomic E-state index is 0.689. The summed E-state index contributed by atoms with van der Waals surface area (Å²) in [6, 6.07) is 0.689. The SMILES string of the molecule is CCCC1CCC(n2cncc2CNC)CC1. The maximum atomic E-state index is 4.29. The van der Waals surface area contributed by atoms with Crippen LogP contribution in [0.1, 0.15) is 57.2 Å². The Morgan fingerprint density at radius 2 is 2.12 bits per heavy atom. The fourth-order valence-corrected chi connectivity index (χ4v) is 3.10. The fraction of sp³-hybridized carbons (Fsp3) is 0.786. The minimum atomic E-state index is 0.689. The summed E-state index contributed by atoms with van der Waals surface area (Å²) < 4.78 is 2.39. The monoisotopic (exact) mass is 235 g/mol. The Balaban J connectivity index is 1.93. The molecule has 17 heavy (non-hydrogen) atoms. The van der Waals surface area contributed by atoms with Gasteiger partial charge in [-0.25, -0.2) is 4.98 Å². The lowest BCUT2D eigenvalue weighted by Gasteiger charge is -2.30. The van der Waals surface area contributed by atoms with Crippen molar-refractivity contribution in [3.05, 3.63) is 18.2 Å². The van der Waals surface area contributed by atoms with Crippen LogP contribution in [0, 0.1) is 5.92 Å². The van der Waals surface area contributed by atoms with E-state index in [0.29, 0.717) is 6.04 Å². The maximum absolute atomic E-state index is 4.29. The average molecular weight is 235 g/mol. The van der Waals surface area contributed by atoms with Gasteiger partial charge in [0.05, 0.1) is 12.0 Å². The van der Waals surface area contributed by atoms with Crippen molar-refractivity contribution >= 4 is 0 Å². The van der Waals surface area contributed by atoms with Gasteiger partial charge in [-0.05, 0) is 38.6 Å². The largest absolute Gasteiger partial charge is 0.330 e. The number of hydrogen-bond acceptors (Lipinski definition) is 2. The molecule has 0 aromatic carbocycles. The molecule has 0 aliphatic heterocycles. The van der Waals surface area contributed by atoms with Gasteiger partial charge in [-0.15, -0.1) is 0 Å². The average Bonchev–Trinajstić information content (AvgIpc) is 2.79. The van der Waals surface area contributed by atoms with E-state index in [1.54, 1.807) is 0 Å². The molecule has 1 fully saturated rings. The fourth-order valence-electron chi connectivity index (χ4n) is 3.10. The number of nitrogens with one attached hydrogen (secondary N) is 1. The lowest BCUT2D eigenvalue weighted by molar-refractivity contribution is 0.259. The number of aromatic nitrogens is 2. The van der Waals surface area contributed by atoms with Crippen LogP contribution in [0.15, 0.2) is 12.5 Å². The summed E-state index contributed by atoms with van der Waals surface area (Å²) in [5.41, 5.74) is 1.33. The Kier molecular flexibility index (Phi) is 4.60. The molecule has 1 heterocycles. The van der Waals surface area contributed by atoms with Crippen molar-refractivity contribution in [3.63, 3.8) is 0 Å². The minimum Gasteiger partial charge on any atom is -0.330 e. The topological polar surface area (TPSA) is 29.9 Å². The van der Waals surface area contributed by atoms with Crippen LogP contribution in [-0.4, -0.2) is 16.6 Å². The summed E-state index contributed by atoms with van der Waals surface area (Å²) in [7, 11) is 2.00. The van der Waals surface area contributed by atoms with E-state index >= 15 is 0 Å². The first-order chi connectivity index (χ1) is 8.35. The predicted octanol–water partition coefficient (Wildman–Crippen LogP) is 3.13. The second-order valence-corrected chi connectivity index (χ2v) is 5.29. The van der Waals surface area contributed by atoms with E-state index in [4.69, 9.17) is 0 Å². The molecule has 1 aromatic heterocycles. The molecule has 2 rings (SSSR count). The molecule has 1 N–H and O–H groups in total. The van der Waals surface area contributed by atoms with Gasteiger partial charge in [0.2, 0.25) is 0 Å². The van der Waals surface area contributed by atoms with Gasteiger partial charge in [-0.2, -0.15) is 0 Å². The van der Waals surface area contributed by atoms with E-state index in [-0.39, 0.29) is 0 Å². The zero-order valence-electron chi connectivity index (χ0n) is 11.2. The molecule has 0 amide bonds. The zero-order chi connectivity index (χ0) is 12.1. The highest BCUT2D eigenvalue weighted by Gasteiger charge is 2.22. The zero-order valence-corrected chi connectivity index (χ0v) is 11.2. The van der Waals surface area contributed by atoms with Crippen LogP contribution in [0.3, 0.4) is 0 Å². The Hall–Kier alpha value is -0.830. The molecule has 0 saturated heterocycles. The van der Waals surface area contributed by atoms with Gasteiger partial charge in [0.15, 0.2) is 0 Å². The van der Waals surface area contributed by atoms with Crippen LogP contribution in [0.5, 0.6) is 0 Å². The van der Waals surface area contributed by atoms with E-state index in [9.17, 15) is 0 Å². The Morgan fingerprint density at radius 1 is 1.35 bits per heavy atom. The van der Waals surface area contributed by atoms with Crippen LogP contribution in [0.2, 0.25) is 0 Å². The van der Waals surface area contributed by atoms with Gasteiger partial charge in [0.25, 0.3) is 0 Å². The van der Waals surface area contributed by atoms with Crippen molar-refractivity contribution in [1.29, 1.82) is 0 Å². The highest BCUT2D eigenvalue weighted by molar-refractivity contribution is 5.00. The van der Waals surface area contributed by atoms with Crippen molar-refractivity contribution in [1.82, 2.24) is 14.9 Å². The van der Waals surface area contributed by atoms with Crippen molar-refractivity contribution in [2.24, 2.45) is 5.92 Å². The third-order valence-corrected chi connectivity index (χ3v) is 4.01. The van der Waals surface area contributed by atoms with E-state index in [1.807, 2.05) is 19.6 Å². The van der Waals surface area contributed by atoms with E-state index in [2.05, 4.69) is 21.8 Å². The molecule has 3 heteroatoms. The number of rotatable bonds is 5. The normalized spacial score (nSPS) is 25.1. The third-order valence-electron chi connectivity index (χ3n) is 4.01. The molecule has 3 nitrogen and oxygen atoms in total. The van der Waals surface area contributed by atoms with Gasteiger partial charge in [-0.3, -0.25) is 0 Å². The van der Waals surface area contributed by atoms with Gasteiger partial charge in [0, 0.05) is 18.8 Å². The molecule has 1 saturated carbocycles. The molecule has 0 atom stereocenters. The Labute approximate surface area is 105 Å². The van der Waals surface area contributed by atoms with Crippen LogP contribution >= 0.6 is 0 Å². The highest BCUT2D eigenvalue weighted by atomic mass is 15.1. The first kappa shape index (κ1) is 12.6. The number of nitrogens with zero attached hydrogens (tertiary/aromatic N) is 2. The molecule has 1 aromatic rings. The van der Waals surface area contributed by atoms with E-state index < -0.39 is 0 Å². The predicted molar refractivity (Wildman–Crippen MR) is 70.9 cm³/mol. The standard InChI is InChI=1S/C14H25N3/c1-3-4-12-5-7-13(8-6-12)17-11-16-10-14(17)9-15-2/h10-13,15H,3-9H2,1-2H3. The van der Waals surface area contributed by atoms with Crippen LogP contribution in [-0.2, 0) is 6.54 Å². The molecule has 0 unspecified atom stereocenters. The Morgan fingerprint density at radius 3 is 2.76 bits per heavy atom. The van der Waals surface area contributed by atoms with Crippen molar-refractivity contribution < 1.29 is 0 Å². The van der Waals surface area contributed by atoms with Gasteiger partial charge >= 0.3 is 0 Å².